The van der Waals surface area contributed by atoms with Gasteiger partial charge in [0.15, 0.2) is 3.95 Å². The standard InChI is InChI=1S/C16H14N4O3S3/c1-9-18-19-15(25-9)17-13(21)8-20-14(22)7-12(26-16(20)24)10-5-3-4-6-11(10)23-2/h3-7H,8H2,1-2H3,(H,17,19,21). The van der Waals surface area contributed by atoms with Crippen LogP contribution in [0.4, 0.5) is 5.13 Å². The first kappa shape index (κ1) is 18.4. The second-order valence-electron chi connectivity index (χ2n) is 5.18. The Morgan fingerprint density at radius 3 is 2.73 bits per heavy atom. The molecular formula is C16H14N4O3S3. The van der Waals surface area contributed by atoms with E-state index in [0.29, 0.717) is 19.7 Å². The fourth-order valence-electron chi connectivity index (χ4n) is 2.23. The van der Waals surface area contributed by atoms with Crippen LogP contribution in [0.15, 0.2) is 35.1 Å². The van der Waals surface area contributed by atoms with E-state index in [2.05, 4.69) is 15.5 Å². The molecule has 2 heterocycles. The molecule has 0 unspecified atom stereocenters. The number of aryl methyl sites for hydroxylation is 1. The SMILES string of the molecule is COc1ccccc1-c1cc(=O)n(CC(=O)Nc2nnc(C)s2)c(=S)s1. The summed E-state index contributed by atoms with van der Waals surface area (Å²) in [6.45, 7) is 1.61. The van der Waals surface area contributed by atoms with Gasteiger partial charge >= 0.3 is 0 Å². The van der Waals surface area contributed by atoms with Gasteiger partial charge in [0.25, 0.3) is 5.56 Å². The number of nitrogens with one attached hydrogen (secondary N) is 1. The van der Waals surface area contributed by atoms with Crippen molar-refractivity contribution in [2.24, 2.45) is 0 Å². The van der Waals surface area contributed by atoms with Crippen molar-refractivity contribution in [3.63, 3.8) is 0 Å². The number of ether oxygens (including phenoxy) is 1. The quantitative estimate of drug-likeness (QED) is 0.655. The van der Waals surface area contributed by atoms with Crippen molar-refractivity contribution in [1.82, 2.24) is 14.8 Å². The number of benzene rings is 1. The summed E-state index contributed by atoms with van der Waals surface area (Å²) in [5.74, 6) is 0.270. The van der Waals surface area contributed by atoms with Gasteiger partial charge in [0.2, 0.25) is 11.0 Å². The molecule has 1 aromatic carbocycles. The Bertz CT molecular complexity index is 1040. The van der Waals surface area contributed by atoms with Crippen LogP contribution in [0.2, 0.25) is 0 Å². The number of carbonyl (C=O) groups excluding carboxylic acids is 1. The number of para-hydroxylation sites is 1. The first-order valence-electron chi connectivity index (χ1n) is 7.46. The molecule has 0 aliphatic carbocycles. The second kappa shape index (κ2) is 7.85. The van der Waals surface area contributed by atoms with Gasteiger partial charge in [-0.25, -0.2) is 0 Å². The molecule has 1 N–H and O–H groups in total. The van der Waals surface area contributed by atoms with Crippen LogP contribution in [0, 0.1) is 10.9 Å². The highest BCUT2D eigenvalue weighted by atomic mass is 32.1. The number of aromatic nitrogens is 3. The van der Waals surface area contributed by atoms with Gasteiger partial charge in [0.05, 0.1) is 7.11 Å². The molecule has 2 aromatic heterocycles. The molecule has 134 valence electrons. The third-order valence-corrected chi connectivity index (χ3v) is 5.56. The molecule has 0 aliphatic heterocycles. The van der Waals surface area contributed by atoms with Crippen LogP contribution in [0.5, 0.6) is 5.75 Å². The Kier molecular flexibility index (Phi) is 5.55. The highest BCUT2D eigenvalue weighted by Gasteiger charge is 2.13. The summed E-state index contributed by atoms with van der Waals surface area (Å²) in [7, 11) is 1.57. The van der Waals surface area contributed by atoms with Crippen molar-refractivity contribution < 1.29 is 9.53 Å². The molecule has 0 atom stereocenters. The molecule has 10 heteroatoms. The zero-order valence-electron chi connectivity index (χ0n) is 13.9. The molecule has 0 spiro atoms. The Morgan fingerprint density at radius 2 is 2.08 bits per heavy atom. The van der Waals surface area contributed by atoms with Crippen molar-refractivity contribution in [3.05, 3.63) is 49.6 Å². The molecule has 0 saturated heterocycles. The van der Waals surface area contributed by atoms with Crippen molar-refractivity contribution in [2.75, 3.05) is 12.4 Å². The van der Waals surface area contributed by atoms with E-state index in [0.717, 1.165) is 10.6 Å². The number of amides is 1. The lowest BCUT2D eigenvalue weighted by Gasteiger charge is -2.09. The maximum absolute atomic E-state index is 12.5. The van der Waals surface area contributed by atoms with Crippen molar-refractivity contribution >= 4 is 45.9 Å². The van der Waals surface area contributed by atoms with Gasteiger partial charge in [-0.1, -0.05) is 23.5 Å². The van der Waals surface area contributed by atoms with E-state index >= 15 is 0 Å². The molecule has 7 nitrogen and oxygen atoms in total. The number of rotatable bonds is 5. The Morgan fingerprint density at radius 1 is 1.31 bits per heavy atom. The lowest BCUT2D eigenvalue weighted by molar-refractivity contribution is -0.116. The van der Waals surface area contributed by atoms with E-state index in [1.165, 1.54) is 33.3 Å². The fraction of sp³-hybridized carbons (Fsp3) is 0.188. The van der Waals surface area contributed by atoms with Crippen LogP contribution in [-0.4, -0.2) is 27.8 Å². The van der Waals surface area contributed by atoms with E-state index in [1.54, 1.807) is 14.0 Å². The lowest BCUT2D eigenvalue weighted by atomic mass is 10.1. The highest BCUT2D eigenvalue weighted by molar-refractivity contribution is 7.73. The summed E-state index contributed by atoms with van der Waals surface area (Å²) in [6.07, 6.45) is 0. The minimum Gasteiger partial charge on any atom is -0.496 e. The van der Waals surface area contributed by atoms with Gasteiger partial charge in [-0.3, -0.25) is 19.5 Å². The van der Waals surface area contributed by atoms with E-state index in [-0.39, 0.29) is 18.0 Å². The molecule has 0 radical (unpaired) electrons. The van der Waals surface area contributed by atoms with E-state index in [1.807, 2.05) is 24.3 Å². The summed E-state index contributed by atoms with van der Waals surface area (Å²) in [6, 6.07) is 8.83. The first-order chi connectivity index (χ1) is 12.5. The number of methoxy groups -OCH3 is 1. The predicted octanol–water partition coefficient (Wildman–Crippen LogP) is 3.11. The molecular weight excluding hydrogens is 392 g/mol. The molecule has 3 aromatic rings. The Balaban J connectivity index is 1.87. The van der Waals surface area contributed by atoms with Crippen LogP contribution in [-0.2, 0) is 11.3 Å². The lowest BCUT2D eigenvalue weighted by Crippen LogP contribution is -2.27. The number of anilines is 1. The zero-order chi connectivity index (χ0) is 18.7. The van der Waals surface area contributed by atoms with Crippen LogP contribution in [0.1, 0.15) is 5.01 Å². The first-order valence-corrected chi connectivity index (χ1v) is 9.50. The van der Waals surface area contributed by atoms with Crippen molar-refractivity contribution in [1.29, 1.82) is 0 Å². The molecule has 3 rings (SSSR count). The van der Waals surface area contributed by atoms with Crippen molar-refractivity contribution in [2.45, 2.75) is 13.5 Å². The molecule has 0 fully saturated rings. The minimum atomic E-state index is -0.383. The van der Waals surface area contributed by atoms with Gasteiger partial charge in [0, 0.05) is 16.5 Å². The number of carbonyl (C=O) groups is 1. The topological polar surface area (TPSA) is 86.1 Å². The molecule has 0 bridgehead atoms. The largest absolute Gasteiger partial charge is 0.496 e. The van der Waals surface area contributed by atoms with E-state index in [9.17, 15) is 9.59 Å². The number of hydrogen-bond donors (Lipinski definition) is 1. The van der Waals surface area contributed by atoms with Gasteiger partial charge < -0.3 is 4.74 Å². The third kappa shape index (κ3) is 4.03. The second-order valence-corrected chi connectivity index (χ2v) is 8.03. The zero-order valence-corrected chi connectivity index (χ0v) is 16.3. The minimum absolute atomic E-state index is 0.182. The Hall–Kier alpha value is -2.43. The van der Waals surface area contributed by atoms with Gasteiger partial charge in [-0.05, 0) is 31.3 Å². The van der Waals surface area contributed by atoms with Gasteiger partial charge in [-0.2, -0.15) is 0 Å². The molecule has 1 amide bonds. The molecule has 0 saturated carbocycles. The Labute approximate surface area is 161 Å². The molecule has 0 aliphatic rings. The van der Waals surface area contributed by atoms with Crippen LogP contribution >= 0.6 is 34.9 Å². The smallest absolute Gasteiger partial charge is 0.254 e. The number of nitrogens with zero attached hydrogens (tertiary/aromatic N) is 3. The average Bonchev–Trinajstić information content (AvgIpc) is 3.02. The van der Waals surface area contributed by atoms with Crippen LogP contribution < -0.4 is 15.6 Å². The fourth-order valence-corrected chi connectivity index (χ4v) is 4.15. The maximum Gasteiger partial charge on any atom is 0.254 e. The molecule has 26 heavy (non-hydrogen) atoms. The summed E-state index contributed by atoms with van der Waals surface area (Å²) in [4.78, 5) is 25.3. The summed E-state index contributed by atoms with van der Waals surface area (Å²) in [5.41, 5.74) is 0.433. The monoisotopic (exact) mass is 406 g/mol. The average molecular weight is 407 g/mol. The summed E-state index contributed by atoms with van der Waals surface area (Å²) >= 11 is 7.83. The maximum atomic E-state index is 12.5. The third-order valence-electron chi connectivity index (χ3n) is 3.38. The normalized spacial score (nSPS) is 10.5. The van der Waals surface area contributed by atoms with E-state index in [4.69, 9.17) is 17.0 Å². The highest BCUT2D eigenvalue weighted by Crippen LogP contribution is 2.31. The summed E-state index contributed by atoms with van der Waals surface area (Å²) in [5, 5.41) is 11.4. The predicted molar refractivity (Wildman–Crippen MR) is 105 cm³/mol. The summed E-state index contributed by atoms with van der Waals surface area (Å²) < 4.78 is 6.89. The van der Waals surface area contributed by atoms with Gasteiger partial charge in [0.1, 0.15) is 17.3 Å². The van der Waals surface area contributed by atoms with Crippen LogP contribution in [0.3, 0.4) is 0 Å². The van der Waals surface area contributed by atoms with Crippen LogP contribution in [0.25, 0.3) is 10.4 Å². The van der Waals surface area contributed by atoms with E-state index < -0.39 is 0 Å². The van der Waals surface area contributed by atoms with Gasteiger partial charge in [-0.15, -0.1) is 21.5 Å². The number of hydrogen-bond acceptors (Lipinski definition) is 8. The van der Waals surface area contributed by atoms with Crippen molar-refractivity contribution in [3.8, 4) is 16.2 Å².